The highest BCUT2D eigenvalue weighted by Crippen LogP contribution is 2.30. The van der Waals surface area contributed by atoms with Crippen LogP contribution in [0.4, 0.5) is 0 Å². The summed E-state index contributed by atoms with van der Waals surface area (Å²) in [5.41, 5.74) is 0.510. The lowest BCUT2D eigenvalue weighted by atomic mass is 9.78. The first-order valence-electron chi connectivity index (χ1n) is 5.72. The molecule has 2 nitrogen and oxygen atoms in total. The van der Waals surface area contributed by atoms with Crippen molar-refractivity contribution in [2.75, 3.05) is 33.2 Å². The third-order valence-electron chi connectivity index (χ3n) is 3.36. The SMILES string of the molecule is C=CCN(C)CC1(CC)CCCNC1. The van der Waals surface area contributed by atoms with Crippen LogP contribution < -0.4 is 5.32 Å². The molecule has 82 valence electrons. The van der Waals surface area contributed by atoms with Crippen molar-refractivity contribution in [2.45, 2.75) is 26.2 Å². The van der Waals surface area contributed by atoms with Gasteiger partial charge >= 0.3 is 0 Å². The predicted molar refractivity (Wildman–Crippen MR) is 62.5 cm³/mol. The lowest BCUT2D eigenvalue weighted by molar-refractivity contribution is 0.135. The summed E-state index contributed by atoms with van der Waals surface area (Å²) < 4.78 is 0. The summed E-state index contributed by atoms with van der Waals surface area (Å²) in [5, 5.41) is 3.52. The van der Waals surface area contributed by atoms with Crippen molar-refractivity contribution >= 4 is 0 Å². The molecule has 14 heavy (non-hydrogen) atoms. The van der Waals surface area contributed by atoms with Gasteiger partial charge in [0.25, 0.3) is 0 Å². The standard InChI is InChI=1S/C12H24N2/c1-4-9-14(3)11-12(5-2)7-6-8-13-10-12/h4,13H,1,5-11H2,2-3H3. The summed E-state index contributed by atoms with van der Waals surface area (Å²) in [7, 11) is 2.19. The van der Waals surface area contributed by atoms with E-state index in [1.807, 2.05) is 6.08 Å². The maximum absolute atomic E-state index is 3.79. The van der Waals surface area contributed by atoms with Crippen molar-refractivity contribution in [3.8, 4) is 0 Å². The van der Waals surface area contributed by atoms with Crippen LogP contribution in [0.25, 0.3) is 0 Å². The zero-order valence-electron chi connectivity index (χ0n) is 9.68. The highest BCUT2D eigenvalue weighted by Gasteiger charge is 2.30. The molecule has 1 N–H and O–H groups in total. The summed E-state index contributed by atoms with van der Waals surface area (Å²) in [6.45, 7) is 10.7. The maximum atomic E-state index is 3.79. The van der Waals surface area contributed by atoms with Gasteiger partial charge in [-0.2, -0.15) is 0 Å². The fourth-order valence-corrected chi connectivity index (χ4v) is 2.44. The van der Waals surface area contributed by atoms with Crippen molar-refractivity contribution in [3.63, 3.8) is 0 Å². The molecule has 1 saturated heterocycles. The zero-order valence-corrected chi connectivity index (χ0v) is 9.68. The van der Waals surface area contributed by atoms with Crippen LogP contribution in [0, 0.1) is 5.41 Å². The summed E-state index contributed by atoms with van der Waals surface area (Å²) in [6.07, 6.45) is 5.97. The molecule has 1 aliphatic heterocycles. The highest BCUT2D eigenvalue weighted by atomic mass is 15.1. The summed E-state index contributed by atoms with van der Waals surface area (Å²) in [5.74, 6) is 0. The second-order valence-corrected chi connectivity index (χ2v) is 4.62. The Morgan fingerprint density at radius 1 is 1.57 bits per heavy atom. The van der Waals surface area contributed by atoms with E-state index >= 15 is 0 Å². The highest BCUT2D eigenvalue weighted by molar-refractivity contribution is 4.87. The molecule has 0 saturated carbocycles. The number of hydrogen-bond acceptors (Lipinski definition) is 2. The molecule has 1 heterocycles. The molecule has 1 atom stereocenters. The molecule has 0 spiro atoms. The first kappa shape index (κ1) is 11.7. The number of nitrogens with one attached hydrogen (secondary N) is 1. The maximum Gasteiger partial charge on any atom is 0.0157 e. The molecule has 1 aliphatic rings. The van der Waals surface area contributed by atoms with Gasteiger partial charge in [-0.1, -0.05) is 13.0 Å². The monoisotopic (exact) mass is 196 g/mol. The lowest BCUT2D eigenvalue weighted by Gasteiger charge is -2.39. The van der Waals surface area contributed by atoms with Gasteiger partial charge in [-0.15, -0.1) is 6.58 Å². The molecule has 0 aromatic rings. The normalized spacial score (nSPS) is 27.9. The van der Waals surface area contributed by atoms with E-state index in [1.54, 1.807) is 0 Å². The number of rotatable bonds is 5. The Morgan fingerprint density at radius 2 is 2.36 bits per heavy atom. The van der Waals surface area contributed by atoms with Crippen LogP contribution in [0.15, 0.2) is 12.7 Å². The Balaban J connectivity index is 2.46. The van der Waals surface area contributed by atoms with Gasteiger partial charge in [-0.05, 0) is 38.3 Å². The number of likely N-dealkylation sites (N-methyl/N-ethyl adjacent to an activating group) is 1. The van der Waals surface area contributed by atoms with E-state index in [0.29, 0.717) is 5.41 Å². The van der Waals surface area contributed by atoms with E-state index in [9.17, 15) is 0 Å². The third kappa shape index (κ3) is 3.10. The van der Waals surface area contributed by atoms with Gasteiger partial charge in [0.2, 0.25) is 0 Å². The smallest absolute Gasteiger partial charge is 0.0157 e. The Labute approximate surface area is 88.4 Å². The van der Waals surface area contributed by atoms with Crippen molar-refractivity contribution < 1.29 is 0 Å². The molecule has 1 unspecified atom stereocenters. The van der Waals surface area contributed by atoms with Crippen LogP contribution in [-0.2, 0) is 0 Å². The molecule has 0 amide bonds. The molecule has 0 aromatic heterocycles. The average molecular weight is 196 g/mol. The molecular weight excluding hydrogens is 172 g/mol. The molecule has 1 rings (SSSR count). The fraction of sp³-hybridized carbons (Fsp3) is 0.833. The minimum Gasteiger partial charge on any atom is -0.316 e. The van der Waals surface area contributed by atoms with Crippen molar-refractivity contribution in [1.82, 2.24) is 10.2 Å². The van der Waals surface area contributed by atoms with Crippen LogP contribution in [0.3, 0.4) is 0 Å². The van der Waals surface area contributed by atoms with E-state index < -0.39 is 0 Å². The van der Waals surface area contributed by atoms with Crippen LogP contribution in [0.5, 0.6) is 0 Å². The minimum absolute atomic E-state index is 0.510. The molecular formula is C12H24N2. The Bertz CT molecular complexity index is 171. The largest absolute Gasteiger partial charge is 0.316 e. The van der Waals surface area contributed by atoms with Crippen LogP contribution in [0.2, 0.25) is 0 Å². The molecule has 0 radical (unpaired) electrons. The number of nitrogens with zero attached hydrogens (tertiary/aromatic N) is 1. The summed E-state index contributed by atoms with van der Waals surface area (Å²) >= 11 is 0. The molecule has 0 aliphatic carbocycles. The number of hydrogen-bond donors (Lipinski definition) is 1. The molecule has 2 heteroatoms. The van der Waals surface area contributed by atoms with Crippen LogP contribution in [0.1, 0.15) is 26.2 Å². The van der Waals surface area contributed by atoms with Gasteiger partial charge in [0.05, 0.1) is 0 Å². The topological polar surface area (TPSA) is 15.3 Å². The van der Waals surface area contributed by atoms with Crippen molar-refractivity contribution in [3.05, 3.63) is 12.7 Å². The van der Waals surface area contributed by atoms with Crippen molar-refractivity contribution in [2.24, 2.45) is 5.41 Å². The molecule has 0 bridgehead atoms. The quantitative estimate of drug-likeness (QED) is 0.675. The van der Waals surface area contributed by atoms with E-state index in [-0.39, 0.29) is 0 Å². The van der Waals surface area contributed by atoms with E-state index in [0.717, 1.165) is 6.54 Å². The fourth-order valence-electron chi connectivity index (χ4n) is 2.44. The first-order chi connectivity index (χ1) is 6.72. The average Bonchev–Trinajstić information content (AvgIpc) is 2.19. The summed E-state index contributed by atoms with van der Waals surface area (Å²) in [6, 6.07) is 0. The Kier molecular flexibility index (Phi) is 4.63. The van der Waals surface area contributed by atoms with E-state index in [4.69, 9.17) is 0 Å². The van der Waals surface area contributed by atoms with E-state index in [1.165, 1.54) is 38.9 Å². The zero-order chi connectivity index (χ0) is 10.4. The van der Waals surface area contributed by atoms with Gasteiger partial charge in [0.1, 0.15) is 0 Å². The van der Waals surface area contributed by atoms with Gasteiger partial charge in [0.15, 0.2) is 0 Å². The third-order valence-corrected chi connectivity index (χ3v) is 3.36. The van der Waals surface area contributed by atoms with Gasteiger partial charge in [0, 0.05) is 19.6 Å². The lowest BCUT2D eigenvalue weighted by Crippen LogP contribution is -2.46. The minimum atomic E-state index is 0.510. The van der Waals surface area contributed by atoms with Gasteiger partial charge in [-0.25, -0.2) is 0 Å². The summed E-state index contributed by atoms with van der Waals surface area (Å²) in [4.78, 5) is 2.38. The van der Waals surface area contributed by atoms with Crippen molar-refractivity contribution in [1.29, 1.82) is 0 Å². The molecule has 0 aromatic carbocycles. The van der Waals surface area contributed by atoms with Crippen LogP contribution >= 0.6 is 0 Å². The second kappa shape index (κ2) is 5.52. The van der Waals surface area contributed by atoms with Crippen LogP contribution in [-0.4, -0.2) is 38.1 Å². The predicted octanol–water partition coefficient (Wildman–Crippen LogP) is 1.88. The molecule has 1 fully saturated rings. The Morgan fingerprint density at radius 3 is 2.86 bits per heavy atom. The van der Waals surface area contributed by atoms with Gasteiger partial charge < -0.3 is 10.2 Å². The number of piperidine rings is 1. The van der Waals surface area contributed by atoms with E-state index in [2.05, 4.69) is 30.8 Å². The van der Waals surface area contributed by atoms with Gasteiger partial charge in [-0.3, -0.25) is 0 Å². The first-order valence-corrected chi connectivity index (χ1v) is 5.72. The Hall–Kier alpha value is -0.340. The second-order valence-electron chi connectivity index (χ2n) is 4.62.